The van der Waals surface area contributed by atoms with Crippen molar-refractivity contribution in [3.8, 4) is 0 Å². The zero-order valence-electron chi connectivity index (χ0n) is 18.6. The van der Waals surface area contributed by atoms with E-state index in [4.69, 9.17) is 0 Å². The van der Waals surface area contributed by atoms with E-state index in [0.29, 0.717) is 12.5 Å². The zero-order chi connectivity index (χ0) is 21.8. The van der Waals surface area contributed by atoms with Crippen molar-refractivity contribution < 1.29 is 9.59 Å². The normalized spacial score (nSPS) is 19.7. The molecule has 2 amide bonds. The fourth-order valence-electron chi connectivity index (χ4n) is 4.74. The van der Waals surface area contributed by atoms with Crippen molar-refractivity contribution >= 4 is 11.8 Å². The van der Waals surface area contributed by atoms with Gasteiger partial charge in [-0.1, -0.05) is 61.0 Å². The van der Waals surface area contributed by atoms with Gasteiger partial charge in [0.2, 0.25) is 11.8 Å². The van der Waals surface area contributed by atoms with E-state index in [0.717, 1.165) is 50.0 Å². The Hall–Kier alpha value is -2.66. The molecule has 5 nitrogen and oxygen atoms in total. The lowest BCUT2D eigenvalue weighted by atomic mass is 9.90. The lowest BCUT2D eigenvalue weighted by Crippen LogP contribution is -2.50. The van der Waals surface area contributed by atoms with Crippen molar-refractivity contribution in [1.82, 2.24) is 15.1 Å². The summed E-state index contributed by atoms with van der Waals surface area (Å²) in [5.41, 5.74) is 4.56. The van der Waals surface area contributed by atoms with E-state index in [1.165, 1.54) is 11.1 Å². The molecule has 1 atom stereocenters. The maximum absolute atomic E-state index is 13.6. The Morgan fingerprint density at radius 1 is 1.03 bits per heavy atom. The highest BCUT2D eigenvalue weighted by Gasteiger charge is 2.37. The molecular formula is C26H33N3O2. The van der Waals surface area contributed by atoms with Crippen LogP contribution in [0.3, 0.4) is 0 Å². The predicted molar refractivity (Wildman–Crippen MR) is 122 cm³/mol. The van der Waals surface area contributed by atoms with Gasteiger partial charge in [-0.05, 0) is 48.8 Å². The van der Waals surface area contributed by atoms with E-state index in [9.17, 15) is 9.59 Å². The van der Waals surface area contributed by atoms with Crippen LogP contribution in [0.15, 0.2) is 48.5 Å². The van der Waals surface area contributed by atoms with Gasteiger partial charge in [0, 0.05) is 26.2 Å². The van der Waals surface area contributed by atoms with Crippen LogP contribution in [0.5, 0.6) is 0 Å². The molecule has 2 aromatic carbocycles. The summed E-state index contributed by atoms with van der Waals surface area (Å²) in [7, 11) is 0. The van der Waals surface area contributed by atoms with Gasteiger partial charge in [-0.15, -0.1) is 0 Å². The van der Waals surface area contributed by atoms with E-state index in [-0.39, 0.29) is 24.4 Å². The predicted octanol–water partition coefficient (Wildman–Crippen LogP) is 3.47. The smallest absolute Gasteiger partial charge is 0.244 e. The van der Waals surface area contributed by atoms with Crippen LogP contribution in [-0.4, -0.2) is 47.8 Å². The number of nitrogens with zero attached hydrogens (tertiary/aromatic N) is 2. The molecule has 0 bridgehead atoms. The van der Waals surface area contributed by atoms with Crippen molar-refractivity contribution in [2.45, 2.75) is 45.7 Å². The van der Waals surface area contributed by atoms with Gasteiger partial charge in [-0.3, -0.25) is 14.5 Å². The maximum atomic E-state index is 13.6. The average Bonchev–Trinajstić information content (AvgIpc) is 2.78. The molecule has 1 saturated heterocycles. The van der Waals surface area contributed by atoms with Gasteiger partial charge < -0.3 is 10.2 Å². The molecule has 2 aliphatic rings. The van der Waals surface area contributed by atoms with E-state index < -0.39 is 0 Å². The minimum atomic E-state index is -0.372. The Balaban J connectivity index is 1.47. The Bertz CT molecular complexity index is 934. The molecule has 164 valence electrons. The Labute approximate surface area is 185 Å². The van der Waals surface area contributed by atoms with Gasteiger partial charge >= 0.3 is 0 Å². The summed E-state index contributed by atoms with van der Waals surface area (Å²) in [6.45, 7) is 7.39. The highest BCUT2D eigenvalue weighted by molar-refractivity contribution is 5.85. The lowest BCUT2D eigenvalue weighted by molar-refractivity contribution is -0.140. The first-order valence-electron chi connectivity index (χ1n) is 11.4. The topological polar surface area (TPSA) is 52.7 Å². The zero-order valence-corrected chi connectivity index (χ0v) is 18.6. The summed E-state index contributed by atoms with van der Waals surface area (Å²) in [6.07, 6.45) is 2.97. The molecule has 0 saturated carbocycles. The van der Waals surface area contributed by atoms with Gasteiger partial charge in [0.1, 0.15) is 6.04 Å². The second-order valence-corrected chi connectivity index (χ2v) is 9.10. The molecule has 0 aliphatic carbocycles. The molecular weight excluding hydrogens is 386 g/mol. The standard InChI is InChI=1S/C26H33N3O2/c1-19-10-13-28(14-11-19)26(31)25-23-9-4-3-8-22(23)12-15-29(25)18-24(30)27-17-21-7-5-6-20(2)16-21/h3-9,16,19,25H,10-15,17-18H2,1-2H3,(H,27,30)/t25-/m1/s1. The van der Waals surface area contributed by atoms with Gasteiger partial charge in [0.25, 0.3) is 0 Å². The van der Waals surface area contributed by atoms with Crippen LogP contribution in [0.1, 0.15) is 48.1 Å². The van der Waals surface area contributed by atoms with Crippen LogP contribution in [0.25, 0.3) is 0 Å². The van der Waals surface area contributed by atoms with Gasteiger partial charge in [-0.25, -0.2) is 0 Å². The summed E-state index contributed by atoms with van der Waals surface area (Å²) in [4.78, 5) is 30.4. The van der Waals surface area contributed by atoms with Crippen LogP contribution in [0, 0.1) is 12.8 Å². The quantitative estimate of drug-likeness (QED) is 0.807. The number of hydrogen-bond donors (Lipinski definition) is 1. The number of benzene rings is 2. The summed E-state index contributed by atoms with van der Waals surface area (Å²) in [5.74, 6) is 0.780. The number of fused-ring (bicyclic) bond motifs is 1. The third kappa shape index (κ3) is 5.16. The minimum Gasteiger partial charge on any atom is -0.351 e. The monoisotopic (exact) mass is 419 g/mol. The summed E-state index contributed by atoms with van der Waals surface area (Å²) in [6, 6.07) is 16.0. The number of carbonyl (C=O) groups excluding carboxylic acids is 2. The number of nitrogens with one attached hydrogen (secondary N) is 1. The van der Waals surface area contributed by atoms with Crippen molar-refractivity contribution in [2.24, 2.45) is 5.92 Å². The number of hydrogen-bond acceptors (Lipinski definition) is 3. The molecule has 2 aromatic rings. The molecule has 5 heteroatoms. The van der Waals surface area contributed by atoms with Gasteiger partial charge in [-0.2, -0.15) is 0 Å². The molecule has 4 rings (SSSR count). The average molecular weight is 420 g/mol. The maximum Gasteiger partial charge on any atom is 0.244 e. The van der Waals surface area contributed by atoms with Gasteiger partial charge in [0.05, 0.1) is 6.54 Å². The third-order valence-corrected chi connectivity index (χ3v) is 6.63. The molecule has 2 aliphatic heterocycles. The van der Waals surface area contributed by atoms with E-state index in [2.05, 4.69) is 35.3 Å². The fourth-order valence-corrected chi connectivity index (χ4v) is 4.74. The molecule has 0 radical (unpaired) electrons. The minimum absolute atomic E-state index is 0.0362. The number of likely N-dealkylation sites (tertiary alicyclic amines) is 1. The Morgan fingerprint density at radius 3 is 2.58 bits per heavy atom. The molecule has 1 fully saturated rings. The van der Waals surface area contributed by atoms with E-state index in [1.54, 1.807) is 0 Å². The van der Waals surface area contributed by atoms with Crippen LogP contribution in [0.2, 0.25) is 0 Å². The molecule has 0 aromatic heterocycles. The molecule has 0 unspecified atom stereocenters. The molecule has 1 N–H and O–H groups in total. The highest BCUT2D eigenvalue weighted by atomic mass is 16.2. The first kappa shape index (κ1) is 21.6. The van der Waals surface area contributed by atoms with Crippen molar-refractivity contribution in [2.75, 3.05) is 26.2 Å². The van der Waals surface area contributed by atoms with Crippen LogP contribution in [-0.2, 0) is 22.6 Å². The Kier molecular flexibility index (Phi) is 6.71. The Morgan fingerprint density at radius 2 is 1.81 bits per heavy atom. The number of piperidine rings is 1. The number of rotatable bonds is 5. The van der Waals surface area contributed by atoms with Crippen molar-refractivity contribution in [3.63, 3.8) is 0 Å². The highest BCUT2D eigenvalue weighted by Crippen LogP contribution is 2.32. The SMILES string of the molecule is Cc1cccc(CNC(=O)CN2CCc3ccccc3[C@@H]2C(=O)N2CCC(C)CC2)c1. The first-order chi connectivity index (χ1) is 15.0. The van der Waals surface area contributed by atoms with Crippen molar-refractivity contribution in [1.29, 1.82) is 0 Å². The number of carbonyl (C=O) groups is 2. The second kappa shape index (κ2) is 9.65. The summed E-state index contributed by atoms with van der Waals surface area (Å²) >= 11 is 0. The fraction of sp³-hybridized carbons (Fsp3) is 0.462. The number of aryl methyl sites for hydroxylation is 1. The van der Waals surface area contributed by atoms with Gasteiger partial charge in [0.15, 0.2) is 0 Å². The van der Waals surface area contributed by atoms with Crippen LogP contribution >= 0.6 is 0 Å². The van der Waals surface area contributed by atoms with Crippen molar-refractivity contribution in [3.05, 3.63) is 70.8 Å². The third-order valence-electron chi connectivity index (χ3n) is 6.63. The second-order valence-electron chi connectivity index (χ2n) is 9.10. The van der Waals surface area contributed by atoms with E-state index >= 15 is 0 Å². The lowest BCUT2D eigenvalue weighted by Gasteiger charge is -2.40. The van der Waals surface area contributed by atoms with Crippen LogP contribution in [0.4, 0.5) is 0 Å². The number of amides is 2. The van der Waals surface area contributed by atoms with E-state index in [1.807, 2.05) is 42.2 Å². The molecule has 31 heavy (non-hydrogen) atoms. The summed E-state index contributed by atoms with van der Waals surface area (Å²) < 4.78 is 0. The summed E-state index contributed by atoms with van der Waals surface area (Å²) in [5, 5.41) is 3.04. The first-order valence-corrected chi connectivity index (χ1v) is 11.4. The largest absolute Gasteiger partial charge is 0.351 e. The molecule has 0 spiro atoms. The van der Waals surface area contributed by atoms with Crippen LogP contribution < -0.4 is 5.32 Å². The molecule has 2 heterocycles.